The van der Waals surface area contributed by atoms with Gasteiger partial charge in [-0.1, -0.05) is 44.4 Å². The molecule has 0 saturated heterocycles. The summed E-state index contributed by atoms with van der Waals surface area (Å²) in [5, 5.41) is 3.82. The number of hydrogen-bond acceptors (Lipinski definition) is 1. The molecule has 2 unspecified atom stereocenters. The number of rotatable bonds is 6. The molecule has 118 valence electrons. The zero-order valence-electron chi connectivity index (χ0n) is 13.2. The first kappa shape index (κ1) is 16.8. The second-order valence-electron chi connectivity index (χ2n) is 6.81. The van der Waals surface area contributed by atoms with Crippen LogP contribution in [0.1, 0.15) is 45.1 Å². The van der Waals surface area contributed by atoms with Crippen molar-refractivity contribution in [2.45, 2.75) is 46.0 Å². The van der Waals surface area contributed by atoms with Gasteiger partial charge in [-0.2, -0.15) is 0 Å². The molecule has 2 rings (SSSR count). The average molecular weight is 312 g/mol. The summed E-state index contributed by atoms with van der Waals surface area (Å²) in [4.78, 5) is 0. The van der Waals surface area contributed by atoms with E-state index in [1.807, 2.05) is 6.07 Å². The minimum Gasteiger partial charge on any atom is -0.316 e. The summed E-state index contributed by atoms with van der Waals surface area (Å²) in [7, 11) is 0. The molecular weight excluding hydrogens is 285 g/mol. The van der Waals surface area contributed by atoms with Crippen LogP contribution in [0.5, 0.6) is 0 Å². The van der Waals surface area contributed by atoms with Crippen LogP contribution < -0.4 is 5.32 Å². The normalized spacial score (nSPS) is 22.7. The molecule has 0 spiro atoms. The molecule has 0 bridgehead atoms. The first-order valence-corrected chi connectivity index (χ1v) is 8.58. The van der Waals surface area contributed by atoms with E-state index in [1.54, 1.807) is 12.1 Å². The SMILES string of the molecule is CC(C)CNCC1CCCCC1Cc1ccc(Cl)c(F)c1. The molecule has 0 aromatic heterocycles. The van der Waals surface area contributed by atoms with E-state index in [0.717, 1.165) is 31.0 Å². The Hall–Kier alpha value is -0.600. The van der Waals surface area contributed by atoms with Gasteiger partial charge in [-0.25, -0.2) is 4.39 Å². The van der Waals surface area contributed by atoms with Gasteiger partial charge in [0.15, 0.2) is 0 Å². The van der Waals surface area contributed by atoms with Crippen molar-refractivity contribution >= 4 is 11.6 Å². The molecule has 2 atom stereocenters. The van der Waals surface area contributed by atoms with Crippen LogP contribution in [0.2, 0.25) is 5.02 Å². The summed E-state index contributed by atoms with van der Waals surface area (Å²) < 4.78 is 13.6. The van der Waals surface area contributed by atoms with Crippen molar-refractivity contribution in [3.05, 3.63) is 34.6 Å². The van der Waals surface area contributed by atoms with Crippen molar-refractivity contribution in [2.24, 2.45) is 17.8 Å². The molecule has 1 aromatic rings. The van der Waals surface area contributed by atoms with Crippen molar-refractivity contribution in [1.29, 1.82) is 0 Å². The zero-order chi connectivity index (χ0) is 15.2. The molecule has 1 nitrogen and oxygen atoms in total. The quantitative estimate of drug-likeness (QED) is 0.773. The minimum atomic E-state index is -0.292. The monoisotopic (exact) mass is 311 g/mol. The molecule has 1 fully saturated rings. The molecule has 21 heavy (non-hydrogen) atoms. The number of hydrogen-bond donors (Lipinski definition) is 1. The van der Waals surface area contributed by atoms with Gasteiger partial charge in [-0.15, -0.1) is 0 Å². The highest BCUT2D eigenvalue weighted by molar-refractivity contribution is 6.30. The van der Waals surface area contributed by atoms with E-state index in [0.29, 0.717) is 11.8 Å². The summed E-state index contributed by atoms with van der Waals surface area (Å²) in [6.07, 6.45) is 6.17. The van der Waals surface area contributed by atoms with Crippen LogP contribution in [0.15, 0.2) is 18.2 Å². The molecule has 0 aliphatic heterocycles. The predicted octanol–water partition coefficient (Wildman–Crippen LogP) is 5.07. The Morgan fingerprint density at radius 3 is 2.62 bits per heavy atom. The van der Waals surface area contributed by atoms with Crippen LogP contribution in [0.3, 0.4) is 0 Å². The molecule has 1 aliphatic carbocycles. The zero-order valence-corrected chi connectivity index (χ0v) is 13.9. The molecule has 0 amide bonds. The topological polar surface area (TPSA) is 12.0 Å². The van der Waals surface area contributed by atoms with Crippen LogP contribution in [0.25, 0.3) is 0 Å². The predicted molar refractivity (Wildman–Crippen MR) is 88.3 cm³/mol. The van der Waals surface area contributed by atoms with Gasteiger partial charge in [0.2, 0.25) is 0 Å². The minimum absolute atomic E-state index is 0.220. The van der Waals surface area contributed by atoms with Crippen molar-refractivity contribution < 1.29 is 4.39 Å². The fourth-order valence-electron chi connectivity index (χ4n) is 3.35. The number of benzene rings is 1. The van der Waals surface area contributed by atoms with E-state index in [-0.39, 0.29) is 10.8 Å². The van der Waals surface area contributed by atoms with Crippen LogP contribution >= 0.6 is 11.6 Å². The molecular formula is C18H27ClFN. The lowest BCUT2D eigenvalue weighted by molar-refractivity contribution is 0.226. The smallest absolute Gasteiger partial charge is 0.142 e. The highest BCUT2D eigenvalue weighted by Gasteiger charge is 2.25. The number of nitrogens with one attached hydrogen (secondary N) is 1. The number of halogens is 2. The lowest BCUT2D eigenvalue weighted by Gasteiger charge is -2.32. The van der Waals surface area contributed by atoms with Crippen molar-refractivity contribution in [1.82, 2.24) is 5.32 Å². The maximum absolute atomic E-state index is 13.6. The summed E-state index contributed by atoms with van der Waals surface area (Å²) in [5.74, 6) is 1.78. The molecule has 1 aromatic carbocycles. The summed E-state index contributed by atoms with van der Waals surface area (Å²) >= 11 is 5.77. The Kier molecular flexibility index (Phi) is 6.50. The van der Waals surface area contributed by atoms with Crippen LogP contribution in [-0.4, -0.2) is 13.1 Å². The molecule has 1 saturated carbocycles. The van der Waals surface area contributed by atoms with Gasteiger partial charge in [-0.05, 0) is 67.8 Å². The third-order valence-electron chi connectivity index (χ3n) is 4.51. The lowest BCUT2D eigenvalue weighted by atomic mass is 9.76. The van der Waals surface area contributed by atoms with Gasteiger partial charge in [-0.3, -0.25) is 0 Å². The highest BCUT2D eigenvalue weighted by Crippen LogP contribution is 2.32. The van der Waals surface area contributed by atoms with Crippen molar-refractivity contribution in [2.75, 3.05) is 13.1 Å². The highest BCUT2D eigenvalue weighted by atomic mass is 35.5. The molecule has 3 heteroatoms. The Morgan fingerprint density at radius 1 is 1.24 bits per heavy atom. The van der Waals surface area contributed by atoms with Gasteiger partial charge < -0.3 is 5.32 Å². The van der Waals surface area contributed by atoms with Gasteiger partial charge in [0, 0.05) is 0 Å². The van der Waals surface area contributed by atoms with Crippen LogP contribution in [-0.2, 0) is 6.42 Å². The molecule has 1 aliphatic rings. The summed E-state index contributed by atoms with van der Waals surface area (Å²) in [5.41, 5.74) is 1.08. The molecule has 0 radical (unpaired) electrons. The Balaban J connectivity index is 1.93. The van der Waals surface area contributed by atoms with E-state index in [2.05, 4.69) is 19.2 Å². The second kappa shape index (κ2) is 8.14. The first-order chi connectivity index (χ1) is 10.1. The summed E-state index contributed by atoms with van der Waals surface area (Å²) in [6, 6.07) is 5.26. The van der Waals surface area contributed by atoms with Crippen LogP contribution in [0.4, 0.5) is 4.39 Å². The largest absolute Gasteiger partial charge is 0.316 e. The van der Waals surface area contributed by atoms with Crippen molar-refractivity contribution in [3.8, 4) is 0 Å². The Labute approximate surface area is 133 Å². The Bertz CT molecular complexity index is 447. The van der Waals surface area contributed by atoms with Gasteiger partial charge in [0.05, 0.1) is 5.02 Å². The van der Waals surface area contributed by atoms with E-state index < -0.39 is 0 Å². The third kappa shape index (κ3) is 5.27. The fourth-order valence-corrected chi connectivity index (χ4v) is 3.47. The molecule has 0 heterocycles. The van der Waals surface area contributed by atoms with E-state index in [4.69, 9.17) is 11.6 Å². The summed E-state index contributed by atoms with van der Waals surface area (Å²) in [6.45, 7) is 6.65. The maximum Gasteiger partial charge on any atom is 0.142 e. The van der Waals surface area contributed by atoms with E-state index >= 15 is 0 Å². The first-order valence-electron chi connectivity index (χ1n) is 8.21. The average Bonchev–Trinajstić information content (AvgIpc) is 2.44. The van der Waals surface area contributed by atoms with Crippen LogP contribution in [0, 0.1) is 23.6 Å². The third-order valence-corrected chi connectivity index (χ3v) is 4.81. The second-order valence-corrected chi connectivity index (χ2v) is 7.22. The van der Waals surface area contributed by atoms with Gasteiger partial charge >= 0.3 is 0 Å². The standard InChI is InChI=1S/C18H27ClFN/c1-13(2)11-21-12-16-6-4-3-5-15(16)9-14-7-8-17(19)18(20)10-14/h7-8,10,13,15-16,21H,3-6,9,11-12H2,1-2H3. The van der Waals surface area contributed by atoms with Gasteiger partial charge in [0.1, 0.15) is 5.82 Å². The van der Waals surface area contributed by atoms with Gasteiger partial charge in [0.25, 0.3) is 0 Å². The van der Waals surface area contributed by atoms with Crippen molar-refractivity contribution in [3.63, 3.8) is 0 Å². The molecule has 1 N–H and O–H groups in total. The lowest BCUT2D eigenvalue weighted by Crippen LogP contribution is -2.33. The van der Waals surface area contributed by atoms with E-state index in [9.17, 15) is 4.39 Å². The fraction of sp³-hybridized carbons (Fsp3) is 0.667. The Morgan fingerprint density at radius 2 is 1.95 bits per heavy atom. The van der Waals surface area contributed by atoms with E-state index in [1.165, 1.54) is 25.7 Å². The maximum atomic E-state index is 13.6.